The quantitative estimate of drug-likeness (QED) is 0.230. The van der Waals surface area contributed by atoms with E-state index in [9.17, 15) is 8.78 Å². The minimum Gasteiger partial charge on any atom is -0.207 e. The van der Waals surface area contributed by atoms with Gasteiger partial charge in [0.15, 0.2) is 0 Å². The van der Waals surface area contributed by atoms with E-state index >= 15 is 8.78 Å². The van der Waals surface area contributed by atoms with Crippen LogP contribution < -0.4 is 0 Å². The van der Waals surface area contributed by atoms with E-state index in [1.54, 1.807) is 0 Å². The smallest absolute Gasteiger partial charge is 0.207 e. The van der Waals surface area contributed by atoms with Crippen molar-refractivity contribution in [2.24, 2.45) is 29.6 Å². The predicted molar refractivity (Wildman–Crippen MR) is 140 cm³/mol. The molecule has 0 radical (unpaired) electrons. The van der Waals surface area contributed by atoms with Crippen LogP contribution in [-0.4, -0.2) is 5.92 Å². The first kappa shape index (κ1) is 28.0. The summed E-state index contributed by atoms with van der Waals surface area (Å²) in [6.45, 7) is 3.70. The molecule has 4 rings (SSSR count). The molecular formula is C32H48F4. The maximum atomic E-state index is 15.2. The van der Waals surface area contributed by atoms with Gasteiger partial charge in [-0.15, -0.1) is 0 Å². The number of benzene rings is 1. The second kappa shape index (κ2) is 12.7. The summed E-state index contributed by atoms with van der Waals surface area (Å²) in [5.74, 6) is -1.41. The van der Waals surface area contributed by atoms with Gasteiger partial charge in [0.1, 0.15) is 11.6 Å². The summed E-state index contributed by atoms with van der Waals surface area (Å²) >= 11 is 0. The van der Waals surface area contributed by atoms with Crippen LogP contribution in [0.4, 0.5) is 17.6 Å². The Kier molecular flexibility index (Phi) is 9.83. The van der Waals surface area contributed by atoms with Crippen LogP contribution >= 0.6 is 0 Å². The summed E-state index contributed by atoms with van der Waals surface area (Å²) in [4.78, 5) is 0. The molecule has 0 aromatic heterocycles. The first-order valence-electron chi connectivity index (χ1n) is 15.1. The molecule has 204 valence electrons. The van der Waals surface area contributed by atoms with Crippen molar-refractivity contribution >= 4 is 0 Å². The van der Waals surface area contributed by atoms with E-state index in [0.29, 0.717) is 17.8 Å². The van der Waals surface area contributed by atoms with Crippen molar-refractivity contribution in [3.63, 3.8) is 0 Å². The van der Waals surface area contributed by atoms with E-state index in [-0.39, 0.29) is 23.8 Å². The monoisotopic (exact) mass is 508 g/mol. The number of unbranched alkanes of at least 4 members (excludes halogenated alkanes) is 2. The molecule has 4 heteroatoms. The summed E-state index contributed by atoms with van der Waals surface area (Å²) in [6, 6.07) is 3.04. The summed E-state index contributed by atoms with van der Waals surface area (Å²) in [5, 5.41) is 0. The molecule has 0 atom stereocenters. The van der Waals surface area contributed by atoms with E-state index in [4.69, 9.17) is 0 Å². The maximum Gasteiger partial charge on any atom is 0.251 e. The van der Waals surface area contributed by atoms with Crippen molar-refractivity contribution in [3.8, 4) is 0 Å². The molecule has 0 amide bonds. The third-order valence-corrected chi connectivity index (χ3v) is 10.3. The minimum absolute atomic E-state index is 0.0994. The Morgan fingerprint density at radius 3 is 1.81 bits per heavy atom. The molecule has 36 heavy (non-hydrogen) atoms. The van der Waals surface area contributed by atoms with Gasteiger partial charge in [0, 0.05) is 17.9 Å². The van der Waals surface area contributed by atoms with Gasteiger partial charge in [-0.25, -0.2) is 17.6 Å². The Labute approximate surface area is 217 Å². The van der Waals surface area contributed by atoms with Crippen molar-refractivity contribution in [1.29, 1.82) is 0 Å². The third kappa shape index (κ3) is 7.07. The number of hydrogen-bond acceptors (Lipinski definition) is 0. The van der Waals surface area contributed by atoms with Crippen molar-refractivity contribution in [2.75, 3.05) is 0 Å². The van der Waals surface area contributed by atoms with Crippen molar-refractivity contribution < 1.29 is 17.6 Å². The first-order chi connectivity index (χ1) is 17.3. The molecule has 1 aromatic rings. The molecule has 3 aliphatic carbocycles. The molecule has 0 nitrogen and oxygen atoms in total. The second-order valence-electron chi connectivity index (χ2n) is 12.7. The van der Waals surface area contributed by atoms with Crippen LogP contribution in [0.2, 0.25) is 0 Å². The lowest BCUT2D eigenvalue weighted by atomic mass is 9.67. The van der Waals surface area contributed by atoms with Crippen molar-refractivity contribution in [2.45, 2.75) is 135 Å². The Morgan fingerprint density at radius 2 is 1.25 bits per heavy atom. The normalized spacial score (nSPS) is 31.9. The van der Waals surface area contributed by atoms with Gasteiger partial charge in [-0.2, -0.15) is 0 Å². The summed E-state index contributed by atoms with van der Waals surface area (Å²) < 4.78 is 58.5. The number of halogens is 4. The maximum absolute atomic E-state index is 15.2. The van der Waals surface area contributed by atoms with Crippen molar-refractivity contribution in [1.82, 2.24) is 0 Å². The van der Waals surface area contributed by atoms with Gasteiger partial charge in [0.2, 0.25) is 0 Å². The van der Waals surface area contributed by atoms with Gasteiger partial charge in [-0.1, -0.05) is 32.6 Å². The predicted octanol–water partition coefficient (Wildman–Crippen LogP) is 10.8. The Bertz CT molecular complexity index is 786. The zero-order valence-electron chi connectivity index (χ0n) is 22.7. The standard InChI is InChI=1S/C32H48F4/c1-3-4-5-6-23-9-17-29(18-10-23)32(35,36)21-24-7-11-25(12-8-24)26-13-15-27(16-14-26)28-19-30(33)22(2)31(34)20-28/h19-20,23-27,29H,3-18,21H2,1-2H3. The molecule has 0 bridgehead atoms. The van der Waals surface area contributed by atoms with E-state index in [2.05, 4.69) is 6.92 Å². The van der Waals surface area contributed by atoms with E-state index in [0.717, 1.165) is 82.6 Å². The topological polar surface area (TPSA) is 0 Å². The lowest BCUT2D eigenvalue weighted by Crippen LogP contribution is -2.35. The second-order valence-corrected chi connectivity index (χ2v) is 12.7. The molecule has 1 aromatic carbocycles. The summed E-state index contributed by atoms with van der Waals surface area (Å²) in [7, 11) is 0. The fraction of sp³-hybridized carbons (Fsp3) is 0.812. The SMILES string of the molecule is CCCCCC1CCC(C(F)(F)CC2CCC(C3CCC(c4cc(F)c(C)c(F)c4)CC3)CC2)CC1. The van der Waals surface area contributed by atoms with Crippen LogP contribution in [0.15, 0.2) is 12.1 Å². The third-order valence-electron chi connectivity index (χ3n) is 10.3. The Balaban J connectivity index is 1.18. The highest BCUT2D eigenvalue weighted by Gasteiger charge is 2.43. The zero-order valence-corrected chi connectivity index (χ0v) is 22.7. The van der Waals surface area contributed by atoms with Gasteiger partial charge in [-0.05, 0) is 131 Å². The van der Waals surface area contributed by atoms with E-state index in [1.807, 2.05) is 0 Å². The number of hydrogen-bond donors (Lipinski definition) is 0. The highest BCUT2D eigenvalue weighted by atomic mass is 19.3. The largest absolute Gasteiger partial charge is 0.251 e. The number of rotatable bonds is 9. The van der Waals surface area contributed by atoms with Crippen LogP contribution in [0, 0.1) is 48.1 Å². The average Bonchev–Trinajstić information content (AvgIpc) is 2.88. The van der Waals surface area contributed by atoms with Gasteiger partial charge in [0.05, 0.1) is 0 Å². The summed E-state index contributed by atoms with van der Waals surface area (Å²) in [5.41, 5.74) is 0.903. The van der Waals surface area contributed by atoms with Gasteiger partial charge < -0.3 is 0 Å². The molecule has 0 spiro atoms. The Morgan fingerprint density at radius 1 is 0.722 bits per heavy atom. The van der Waals surface area contributed by atoms with Crippen LogP contribution in [-0.2, 0) is 0 Å². The molecule has 0 saturated heterocycles. The van der Waals surface area contributed by atoms with E-state index in [1.165, 1.54) is 44.7 Å². The first-order valence-corrected chi connectivity index (χ1v) is 15.1. The fourth-order valence-electron chi connectivity index (χ4n) is 7.80. The number of alkyl halides is 2. The van der Waals surface area contributed by atoms with Crippen LogP contribution in [0.5, 0.6) is 0 Å². The molecule has 3 saturated carbocycles. The highest BCUT2D eigenvalue weighted by Crippen LogP contribution is 2.48. The molecular weight excluding hydrogens is 460 g/mol. The lowest BCUT2D eigenvalue weighted by molar-refractivity contribution is -0.0968. The van der Waals surface area contributed by atoms with Crippen LogP contribution in [0.1, 0.15) is 133 Å². The molecule has 0 unspecified atom stereocenters. The minimum atomic E-state index is -2.50. The van der Waals surface area contributed by atoms with Gasteiger partial charge >= 0.3 is 0 Å². The van der Waals surface area contributed by atoms with Crippen LogP contribution in [0.3, 0.4) is 0 Å². The van der Waals surface area contributed by atoms with E-state index < -0.39 is 23.5 Å². The average molecular weight is 509 g/mol. The summed E-state index contributed by atoms with van der Waals surface area (Å²) in [6.07, 6.45) is 16.7. The van der Waals surface area contributed by atoms with Crippen LogP contribution in [0.25, 0.3) is 0 Å². The molecule has 0 N–H and O–H groups in total. The zero-order chi connectivity index (χ0) is 25.7. The highest BCUT2D eigenvalue weighted by molar-refractivity contribution is 5.28. The molecule has 3 fully saturated rings. The lowest BCUT2D eigenvalue weighted by Gasteiger charge is -2.40. The van der Waals surface area contributed by atoms with Crippen molar-refractivity contribution in [3.05, 3.63) is 34.9 Å². The molecule has 0 heterocycles. The Hall–Kier alpha value is -1.06. The fourth-order valence-corrected chi connectivity index (χ4v) is 7.80. The molecule has 3 aliphatic rings. The van der Waals surface area contributed by atoms with Gasteiger partial charge in [0.25, 0.3) is 5.92 Å². The molecule has 0 aliphatic heterocycles. The van der Waals surface area contributed by atoms with Gasteiger partial charge in [-0.3, -0.25) is 0 Å².